The zero-order valence-electron chi connectivity index (χ0n) is 15.3. The van der Waals surface area contributed by atoms with Crippen molar-refractivity contribution in [2.45, 2.75) is 77.9 Å². The van der Waals surface area contributed by atoms with Crippen molar-refractivity contribution in [3.8, 4) is 0 Å². The van der Waals surface area contributed by atoms with Gasteiger partial charge in [-0.2, -0.15) is 0 Å². The molecule has 2 heterocycles. The van der Waals surface area contributed by atoms with Gasteiger partial charge in [-0.05, 0) is 39.0 Å². The van der Waals surface area contributed by atoms with Crippen LogP contribution in [-0.2, 0) is 5.60 Å². The predicted molar refractivity (Wildman–Crippen MR) is 93.3 cm³/mol. The quantitative estimate of drug-likeness (QED) is 0.797. The van der Waals surface area contributed by atoms with Gasteiger partial charge in [-0.25, -0.2) is 4.68 Å². The van der Waals surface area contributed by atoms with Gasteiger partial charge in [0, 0.05) is 19.6 Å². The Hall–Kier alpha value is -0.940. The summed E-state index contributed by atoms with van der Waals surface area (Å²) in [5, 5.41) is 18.4. The summed E-state index contributed by atoms with van der Waals surface area (Å²) in [5.41, 5.74) is -0.252. The Balaban J connectivity index is 1.82. The number of nitrogens with zero attached hydrogens (tertiary/aromatic N) is 4. The first-order valence-electron chi connectivity index (χ1n) is 9.31. The number of unbranched alkanes of at least 4 members (excludes halogenated alkanes) is 1. The Bertz CT molecular complexity index is 458. The van der Waals surface area contributed by atoms with Crippen LogP contribution in [0.1, 0.15) is 78.0 Å². The van der Waals surface area contributed by atoms with Crippen LogP contribution < -0.4 is 0 Å². The number of likely N-dealkylation sites (tertiary alicyclic amines) is 1. The lowest BCUT2D eigenvalue weighted by Crippen LogP contribution is -2.37. The molecular weight excluding hydrogens is 288 g/mol. The van der Waals surface area contributed by atoms with Crippen LogP contribution in [-0.4, -0.2) is 44.6 Å². The monoisotopic (exact) mass is 322 g/mol. The van der Waals surface area contributed by atoms with Gasteiger partial charge in [0.1, 0.15) is 11.3 Å². The van der Waals surface area contributed by atoms with Gasteiger partial charge < -0.3 is 10.0 Å². The number of aliphatic hydroxyl groups is 1. The molecule has 0 aliphatic carbocycles. The molecule has 0 aromatic carbocycles. The van der Waals surface area contributed by atoms with E-state index in [4.69, 9.17) is 0 Å². The molecule has 1 atom stereocenters. The fourth-order valence-electron chi connectivity index (χ4n) is 3.38. The number of rotatable bonds is 8. The minimum atomic E-state index is -0.910. The molecule has 0 amide bonds. The average Bonchev–Trinajstić information content (AvgIpc) is 3.02. The van der Waals surface area contributed by atoms with Crippen molar-refractivity contribution < 1.29 is 5.11 Å². The van der Waals surface area contributed by atoms with E-state index in [1.54, 1.807) is 13.8 Å². The third kappa shape index (κ3) is 5.28. The molecule has 0 spiro atoms. The Kier molecular flexibility index (Phi) is 6.60. The van der Waals surface area contributed by atoms with Crippen LogP contribution in [0.4, 0.5) is 0 Å². The highest BCUT2D eigenvalue weighted by Crippen LogP contribution is 2.25. The van der Waals surface area contributed by atoms with Gasteiger partial charge in [0.15, 0.2) is 0 Å². The van der Waals surface area contributed by atoms with Gasteiger partial charge in [0.25, 0.3) is 0 Å². The van der Waals surface area contributed by atoms with Crippen molar-refractivity contribution in [2.24, 2.45) is 5.92 Å². The molecule has 1 saturated heterocycles. The summed E-state index contributed by atoms with van der Waals surface area (Å²) in [6, 6.07) is 0.422. The van der Waals surface area contributed by atoms with Crippen LogP contribution in [0.3, 0.4) is 0 Å². The number of piperidine rings is 1. The summed E-state index contributed by atoms with van der Waals surface area (Å²) in [6.07, 6.45) is 9.47. The van der Waals surface area contributed by atoms with E-state index in [1.807, 2.05) is 10.9 Å². The van der Waals surface area contributed by atoms with E-state index in [9.17, 15) is 5.11 Å². The second-order valence-corrected chi connectivity index (χ2v) is 7.59. The molecule has 1 unspecified atom stereocenters. The summed E-state index contributed by atoms with van der Waals surface area (Å²) >= 11 is 0. The molecule has 23 heavy (non-hydrogen) atoms. The number of hydrogen-bond donors (Lipinski definition) is 1. The zero-order chi connectivity index (χ0) is 16.9. The molecule has 1 aromatic rings. The molecule has 0 radical (unpaired) electrons. The van der Waals surface area contributed by atoms with Gasteiger partial charge in [0.05, 0.1) is 12.2 Å². The summed E-state index contributed by atoms with van der Waals surface area (Å²) < 4.78 is 1.96. The molecule has 1 fully saturated rings. The Labute approximate surface area is 141 Å². The summed E-state index contributed by atoms with van der Waals surface area (Å²) in [4.78, 5) is 2.62. The lowest BCUT2D eigenvalue weighted by atomic mass is 9.97. The van der Waals surface area contributed by atoms with Crippen molar-refractivity contribution >= 4 is 0 Å². The number of hydrogen-bond acceptors (Lipinski definition) is 4. The van der Waals surface area contributed by atoms with Crippen LogP contribution in [0.25, 0.3) is 0 Å². The van der Waals surface area contributed by atoms with Gasteiger partial charge >= 0.3 is 0 Å². The van der Waals surface area contributed by atoms with Crippen LogP contribution in [0.15, 0.2) is 6.20 Å². The third-order valence-electron chi connectivity index (χ3n) is 5.13. The highest BCUT2D eigenvalue weighted by atomic mass is 16.3. The topological polar surface area (TPSA) is 54.2 Å². The SMILES string of the molecule is CCCCC(CC)CN1CCC(n2cc(C(C)(C)O)nn2)CC1. The standard InChI is InChI=1S/C18H34N4O/c1-5-7-8-15(6-2)13-21-11-9-16(10-12-21)22-14-17(19-20-22)18(3,4)23/h14-16,23H,5-13H2,1-4H3. The molecule has 1 aliphatic heterocycles. The minimum absolute atomic E-state index is 0.422. The van der Waals surface area contributed by atoms with E-state index >= 15 is 0 Å². The van der Waals surface area contributed by atoms with E-state index in [1.165, 1.54) is 32.2 Å². The third-order valence-corrected chi connectivity index (χ3v) is 5.13. The van der Waals surface area contributed by atoms with E-state index in [2.05, 4.69) is 29.1 Å². The average molecular weight is 322 g/mol. The lowest BCUT2D eigenvalue weighted by Gasteiger charge is -2.34. The highest BCUT2D eigenvalue weighted by molar-refractivity contribution is 5.03. The second kappa shape index (κ2) is 8.25. The highest BCUT2D eigenvalue weighted by Gasteiger charge is 2.25. The lowest BCUT2D eigenvalue weighted by molar-refractivity contribution is 0.0736. The maximum absolute atomic E-state index is 10.0. The Morgan fingerprint density at radius 3 is 2.52 bits per heavy atom. The van der Waals surface area contributed by atoms with E-state index < -0.39 is 5.60 Å². The van der Waals surface area contributed by atoms with Crippen molar-refractivity contribution in [1.29, 1.82) is 0 Å². The van der Waals surface area contributed by atoms with Crippen LogP contribution in [0, 0.1) is 5.92 Å². The molecule has 1 N–H and O–H groups in total. The smallest absolute Gasteiger partial charge is 0.114 e. The predicted octanol–water partition coefficient (Wildman–Crippen LogP) is 3.36. The molecule has 0 saturated carbocycles. The molecule has 0 bridgehead atoms. The summed E-state index contributed by atoms with van der Waals surface area (Å²) in [5.74, 6) is 0.847. The van der Waals surface area contributed by atoms with Crippen LogP contribution >= 0.6 is 0 Å². The van der Waals surface area contributed by atoms with Gasteiger partial charge in [0.2, 0.25) is 0 Å². The molecular formula is C18H34N4O. The second-order valence-electron chi connectivity index (χ2n) is 7.59. The maximum Gasteiger partial charge on any atom is 0.114 e. The van der Waals surface area contributed by atoms with Crippen molar-refractivity contribution in [3.05, 3.63) is 11.9 Å². The largest absolute Gasteiger partial charge is 0.384 e. The van der Waals surface area contributed by atoms with Gasteiger partial charge in [-0.3, -0.25) is 0 Å². The first-order chi connectivity index (χ1) is 10.9. The van der Waals surface area contributed by atoms with Gasteiger partial charge in [-0.15, -0.1) is 5.10 Å². The summed E-state index contributed by atoms with van der Waals surface area (Å²) in [7, 11) is 0. The maximum atomic E-state index is 10.0. The van der Waals surface area contributed by atoms with Crippen LogP contribution in [0.2, 0.25) is 0 Å². The molecule has 5 nitrogen and oxygen atoms in total. The molecule has 132 valence electrons. The Morgan fingerprint density at radius 1 is 1.30 bits per heavy atom. The molecule has 1 aromatic heterocycles. The fraction of sp³-hybridized carbons (Fsp3) is 0.889. The fourth-order valence-corrected chi connectivity index (χ4v) is 3.38. The molecule has 2 rings (SSSR count). The van der Waals surface area contributed by atoms with Crippen molar-refractivity contribution in [1.82, 2.24) is 19.9 Å². The van der Waals surface area contributed by atoms with Crippen molar-refractivity contribution in [2.75, 3.05) is 19.6 Å². The number of aromatic nitrogens is 3. The minimum Gasteiger partial charge on any atom is -0.384 e. The Morgan fingerprint density at radius 2 is 2.00 bits per heavy atom. The van der Waals surface area contributed by atoms with E-state index in [0.717, 1.165) is 31.8 Å². The van der Waals surface area contributed by atoms with Gasteiger partial charge in [-0.1, -0.05) is 38.3 Å². The van der Waals surface area contributed by atoms with Crippen LogP contribution in [0.5, 0.6) is 0 Å². The molecule has 1 aliphatic rings. The first kappa shape index (κ1) is 18.4. The van der Waals surface area contributed by atoms with E-state index in [0.29, 0.717) is 11.7 Å². The zero-order valence-corrected chi connectivity index (χ0v) is 15.3. The molecule has 5 heteroatoms. The first-order valence-corrected chi connectivity index (χ1v) is 9.31. The summed E-state index contributed by atoms with van der Waals surface area (Å²) in [6.45, 7) is 11.6. The van der Waals surface area contributed by atoms with Crippen molar-refractivity contribution in [3.63, 3.8) is 0 Å². The van der Waals surface area contributed by atoms with E-state index in [-0.39, 0.29) is 0 Å². The normalized spacial score (nSPS) is 19.2.